The SMILES string of the molecule is CCOC1C(Cl)CC1Oc1c(F)c(F)c(F)c(F)c1F. The predicted octanol–water partition coefficient (Wildman–Crippen LogP) is 3.55. The van der Waals surface area contributed by atoms with Crippen LogP contribution in [0.1, 0.15) is 13.3 Å². The molecule has 0 aromatic heterocycles. The highest BCUT2D eigenvalue weighted by atomic mass is 35.5. The molecule has 1 aliphatic carbocycles. The molecule has 2 rings (SSSR count). The van der Waals surface area contributed by atoms with Gasteiger partial charge in [-0.25, -0.2) is 13.2 Å². The van der Waals surface area contributed by atoms with Crippen molar-refractivity contribution in [3.63, 3.8) is 0 Å². The lowest BCUT2D eigenvalue weighted by atomic mass is 9.91. The average Bonchev–Trinajstić information content (AvgIpc) is 2.43. The smallest absolute Gasteiger partial charge is 0.207 e. The van der Waals surface area contributed by atoms with E-state index in [0.29, 0.717) is 0 Å². The number of alkyl halides is 1. The van der Waals surface area contributed by atoms with Crippen LogP contribution in [0.3, 0.4) is 0 Å². The Morgan fingerprint density at radius 2 is 1.50 bits per heavy atom. The Hall–Kier alpha value is -1.08. The van der Waals surface area contributed by atoms with E-state index in [-0.39, 0.29) is 13.0 Å². The summed E-state index contributed by atoms with van der Waals surface area (Å²) in [6.45, 7) is 1.96. The van der Waals surface area contributed by atoms with Crippen LogP contribution in [-0.2, 0) is 4.74 Å². The fourth-order valence-electron chi connectivity index (χ4n) is 1.89. The second-order valence-electron chi connectivity index (χ2n) is 4.23. The topological polar surface area (TPSA) is 18.5 Å². The van der Waals surface area contributed by atoms with Crippen molar-refractivity contribution < 1.29 is 31.4 Å². The molecule has 0 radical (unpaired) electrons. The van der Waals surface area contributed by atoms with E-state index < -0.39 is 52.4 Å². The zero-order chi connectivity index (χ0) is 15.0. The molecular weight excluding hydrogens is 307 g/mol. The Morgan fingerprint density at radius 1 is 1.00 bits per heavy atom. The van der Waals surface area contributed by atoms with Gasteiger partial charge in [-0.1, -0.05) is 0 Å². The van der Waals surface area contributed by atoms with Gasteiger partial charge in [-0.2, -0.15) is 8.78 Å². The molecule has 1 aromatic rings. The summed E-state index contributed by atoms with van der Waals surface area (Å²) < 4.78 is 75.7. The quantitative estimate of drug-likeness (QED) is 0.366. The Labute approximate surface area is 116 Å². The van der Waals surface area contributed by atoms with Crippen LogP contribution in [0.5, 0.6) is 5.75 Å². The van der Waals surface area contributed by atoms with Crippen LogP contribution < -0.4 is 4.74 Å². The summed E-state index contributed by atoms with van der Waals surface area (Å²) >= 11 is 5.82. The summed E-state index contributed by atoms with van der Waals surface area (Å²) in [7, 11) is 0. The van der Waals surface area contributed by atoms with Crippen molar-refractivity contribution in [3.8, 4) is 5.75 Å². The maximum atomic E-state index is 13.4. The van der Waals surface area contributed by atoms with Crippen molar-refractivity contribution in [1.82, 2.24) is 0 Å². The third-order valence-corrected chi connectivity index (χ3v) is 3.40. The number of hydrogen-bond donors (Lipinski definition) is 0. The monoisotopic (exact) mass is 316 g/mol. The molecule has 0 heterocycles. The maximum Gasteiger partial charge on any atom is 0.207 e. The highest BCUT2D eigenvalue weighted by Gasteiger charge is 2.44. The first-order valence-corrected chi connectivity index (χ1v) is 6.25. The first kappa shape index (κ1) is 15.3. The lowest BCUT2D eigenvalue weighted by Crippen LogP contribution is -2.52. The molecule has 8 heteroatoms. The molecule has 20 heavy (non-hydrogen) atoms. The minimum absolute atomic E-state index is 0.186. The zero-order valence-corrected chi connectivity index (χ0v) is 11.0. The lowest BCUT2D eigenvalue weighted by Gasteiger charge is -2.40. The van der Waals surface area contributed by atoms with Gasteiger partial charge in [-0.3, -0.25) is 0 Å². The molecular formula is C12H10ClF5O2. The van der Waals surface area contributed by atoms with E-state index in [0.717, 1.165) is 0 Å². The highest BCUT2D eigenvalue weighted by molar-refractivity contribution is 6.21. The largest absolute Gasteiger partial charge is 0.481 e. The summed E-state index contributed by atoms with van der Waals surface area (Å²) in [6, 6.07) is 0. The van der Waals surface area contributed by atoms with E-state index in [1.807, 2.05) is 0 Å². The summed E-state index contributed by atoms with van der Waals surface area (Å²) in [6.07, 6.45) is -1.33. The van der Waals surface area contributed by atoms with Crippen LogP contribution in [0.15, 0.2) is 0 Å². The number of benzene rings is 1. The molecule has 0 spiro atoms. The summed E-state index contributed by atoms with van der Waals surface area (Å²) in [5.41, 5.74) is 0. The molecule has 1 fully saturated rings. The first-order valence-electron chi connectivity index (χ1n) is 5.82. The van der Waals surface area contributed by atoms with Gasteiger partial charge in [0.2, 0.25) is 29.1 Å². The first-order chi connectivity index (χ1) is 9.38. The molecule has 0 bridgehead atoms. The van der Waals surface area contributed by atoms with Crippen LogP contribution >= 0.6 is 11.6 Å². The molecule has 0 N–H and O–H groups in total. The van der Waals surface area contributed by atoms with Gasteiger partial charge in [0.25, 0.3) is 0 Å². The van der Waals surface area contributed by atoms with Crippen molar-refractivity contribution in [2.75, 3.05) is 6.61 Å². The van der Waals surface area contributed by atoms with Crippen molar-refractivity contribution in [2.24, 2.45) is 0 Å². The van der Waals surface area contributed by atoms with Crippen LogP contribution in [0.4, 0.5) is 22.0 Å². The molecule has 3 unspecified atom stereocenters. The van der Waals surface area contributed by atoms with E-state index in [1.165, 1.54) is 0 Å². The van der Waals surface area contributed by atoms with Gasteiger partial charge < -0.3 is 9.47 Å². The molecule has 2 nitrogen and oxygen atoms in total. The fourth-order valence-corrected chi connectivity index (χ4v) is 2.30. The third-order valence-electron chi connectivity index (χ3n) is 2.98. The maximum absolute atomic E-state index is 13.4. The van der Waals surface area contributed by atoms with E-state index in [4.69, 9.17) is 21.1 Å². The van der Waals surface area contributed by atoms with Gasteiger partial charge in [0.05, 0.1) is 5.38 Å². The molecule has 1 saturated carbocycles. The molecule has 1 aliphatic rings. The minimum atomic E-state index is -2.22. The predicted molar refractivity (Wildman–Crippen MR) is 60.3 cm³/mol. The third kappa shape index (κ3) is 2.44. The number of hydrogen-bond acceptors (Lipinski definition) is 2. The fraction of sp³-hybridized carbons (Fsp3) is 0.500. The van der Waals surface area contributed by atoms with Gasteiger partial charge in [-0.05, 0) is 6.92 Å². The molecule has 3 atom stereocenters. The Morgan fingerprint density at radius 3 is 1.95 bits per heavy atom. The second kappa shape index (κ2) is 5.73. The van der Waals surface area contributed by atoms with Gasteiger partial charge in [-0.15, -0.1) is 11.6 Å². The van der Waals surface area contributed by atoms with Crippen molar-refractivity contribution in [1.29, 1.82) is 0 Å². The van der Waals surface area contributed by atoms with Crippen LogP contribution in [0.2, 0.25) is 0 Å². The Kier molecular flexibility index (Phi) is 4.39. The molecule has 0 aliphatic heterocycles. The van der Waals surface area contributed by atoms with Crippen molar-refractivity contribution in [2.45, 2.75) is 30.9 Å². The van der Waals surface area contributed by atoms with Crippen molar-refractivity contribution >= 4 is 11.6 Å². The number of ether oxygens (including phenoxy) is 2. The lowest BCUT2D eigenvalue weighted by molar-refractivity contribution is -0.0786. The highest BCUT2D eigenvalue weighted by Crippen LogP contribution is 2.36. The number of halogens is 6. The standard InChI is InChI=1S/C12H10ClF5O2/c1-2-19-11-4(13)3-5(11)20-12-9(17)7(15)6(14)8(16)10(12)18/h4-5,11H,2-3H2,1H3. The van der Waals surface area contributed by atoms with E-state index >= 15 is 0 Å². The molecule has 112 valence electrons. The van der Waals surface area contributed by atoms with Crippen LogP contribution in [0.25, 0.3) is 0 Å². The summed E-state index contributed by atoms with van der Waals surface area (Å²) in [5, 5.41) is -0.429. The Bertz CT molecular complexity index is 496. The molecule has 0 saturated heterocycles. The Balaban J connectivity index is 2.26. The molecule has 0 amide bonds. The van der Waals surface area contributed by atoms with E-state index in [2.05, 4.69) is 0 Å². The van der Waals surface area contributed by atoms with E-state index in [1.54, 1.807) is 6.92 Å². The van der Waals surface area contributed by atoms with Gasteiger partial charge in [0.15, 0.2) is 5.75 Å². The summed E-state index contributed by atoms with van der Waals surface area (Å²) in [4.78, 5) is 0. The van der Waals surface area contributed by atoms with Gasteiger partial charge >= 0.3 is 0 Å². The van der Waals surface area contributed by atoms with E-state index in [9.17, 15) is 22.0 Å². The minimum Gasteiger partial charge on any atom is -0.481 e. The van der Waals surface area contributed by atoms with Crippen LogP contribution in [0, 0.1) is 29.1 Å². The van der Waals surface area contributed by atoms with Gasteiger partial charge in [0, 0.05) is 13.0 Å². The normalized spacial score (nSPS) is 25.4. The zero-order valence-electron chi connectivity index (χ0n) is 10.2. The van der Waals surface area contributed by atoms with Crippen LogP contribution in [-0.4, -0.2) is 24.2 Å². The number of rotatable bonds is 4. The molecule has 1 aromatic carbocycles. The van der Waals surface area contributed by atoms with Crippen molar-refractivity contribution in [3.05, 3.63) is 29.1 Å². The van der Waals surface area contributed by atoms with Gasteiger partial charge in [0.1, 0.15) is 12.2 Å². The average molecular weight is 317 g/mol. The second-order valence-corrected chi connectivity index (χ2v) is 4.79. The summed E-state index contributed by atoms with van der Waals surface area (Å²) in [5.74, 6) is -11.6.